The van der Waals surface area contributed by atoms with Crippen molar-refractivity contribution in [3.8, 4) is 0 Å². The average Bonchev–Trinajstić information content (AvgIpc) is 3.23. The largest absolute Gasteiger partial charge is 0.314 e. The maximum absolute atomic E-state index is 4.24. The van der Waals surface area contributed by atoms with Crippen LogP contribution >= 0.6 is 0 Å². The van der Waals surface area contributed by atoms with E-state index in [2.05, 4.69) is 22.4 Å². The van der Waals surface area contributed by atoms with E-state index in [0.29, 0.717) is 0 Å². The highest BCUT2D eigenvalue weighted by atomic mass is 14.9. The Labute approximate surface area is 110 Å². The summed E-state index contributed by atoms with van der Waals surface area (Å²) in [5.74, 6) is 1.76. The summed E-state index contributed by atoms with van der Waals surface area (Å²) in [6.45, 7) is 1.25. The molecule has 2 saturated carbocycles. The van der Waals surface area contributed by atoms with Gasteiger partial charge < -0.3 is 5.32 Å². The van der Waals surface area contributed by atoms with Gasteiger partial charge in [0.2, 0.25) is 0 Å². The van der Waals surface area contributed by atoms with Crippen LogP contribution in [-0.4, -0.2) is 17.6 Å². The molecule has 3 rings (SSSR count). The van der Waals surface area contributed by atoms with Gasteiger partial charge in [-0.15, -0.1) is 0 Å². The zero-order valence-corrected chi connectivity index (χ0v) is 11.1. The summed E-state index contributed by atoms with van der Waals surface area (Å²) in [4.78, 5) is 4.24. The number of hydrogen-bond donors (Lipinski definition) is 1. The average molecular weight is 244 g/mol. The highest BCUT2D eigenvalue weighted by molar-refractivity contribution is 5.09. The molecule has 2 unspecified atom stereocenters. The van der Waals surface area contributed by atoms with Gasteiger partial charge in [0, 0.05) is 18.4 Å². The Bertz CT molecular complexity index is 359. The summed E-state index contributed by atoms with van der Waals surface area (Å²) >= 11 is 0. The van der Waals surface area contributed by atoms with Gasteiger partial charge in [-0.1, -0.05) is 18.9 Å². The number of rotatable bonds is 5. The molecule has 2 nitrogen and oxygen atoms in total. The lowest BCUT2D eigenvalue weighted by Gasteiger charge is -2.32. The molecule has 2 atom stereocenters. The molecule has 0 amide bonds. The molecule has 2 heteroatoms. The van der Waals surface area contributed by atoms with Crippen molar-refractivity contribution in [1.82, 2.24) is 10.3 Å². The first-order valence-electron chi connectivity index (χ1n) is 7.54. The molecular formula is C16H24N2. The fraction of sp³-hybridized carbons (Fsp3) is 0.688. The summed E-state index contributed by atoms with van der Waals surface area (Å²) in [6.07, 6.45) is 13.6. The van der Waals surface area contributed by atoms with Gasteiger partial charge in [0.05, 0.1) is 0 Å². The summed E-state index contributed by atoms with van der Waals surface area (Å²) in [5.41, 5.74) is 1.42. The first-order chi connectivity index (χ1) is 8.92. The molecule has 1 aromatic rings. The van der Waals surface area contributed by atoms with Crippen LogP contribution in [0.25, 0.3) is 0 Å². The van der Waals surface area contributed by atoms with Gasteiger partial charge in [-0.05, 0) is 62.1 Å². The van der Waals surface area contributed by atoms with Gasteiger partial charge in [0.25, 0.3) is 0 Å². The zero-order valence-electron chi connectivity index (χ0n) is 11.1. The SMILES string of the molecule is c1cncc(CC2CCCCC2CNC2CC2)c1. The molecule has 0 radical (unpaired) electrons. The van der Waals surface area contributed by atoms with E-state index in [0.717, 1.165) is 17.9 Å². The minimum Gasteiger partial charge on any atom is -0.314 e. The van der Waals surface area contributed by atoms with Crippen molar-refractivity contribution in [1.29, 1.82) is 0 Å². The van der Waals surface area contributed by atoms with Crippen LogP contribution < -0.4 is 5.32 Å². The third-order valence-corrected chi connectivity index (χ3v) is 4.53. The number of pyridine rings is 1. The van der Waals surface area contributed by atoms with Crippen molar-refractivity contribution >= 4 is 0 Å². The lowest BCUT2D eigenvalue weighted by atomic mass is 9.76. The van der Waals surface area contributed by atoms with Crippen LogP contribution in [0.5, 0.6) is 0 Å². The summed E-state index contributed by atoms with van der Waals surface area (Å²) in [5, 5.41) is 3.73. The van der Waals surface area contributed by atoms with Gasteiger partial charge in [-0.2, -0.15) is 0 Å². The Morgan fingerprint density at radius 1 is 1.11 bits per heavy atom. The van der Waals surface area contributed by atoms with Gasteiger partial charge in [-0.3, -0.25) is 4.98 Å². The number of nitrogens with one attached hydrogen (secondary N) is 1. The van der Waals surface area contributed by atoms with Crippen LogP contribution in [0.15, 0.2) is 24.5 Å². The van der Waals surface area contributed by atoms with E-state index < -0.39 is 0 Å². The summed E-state index contributed by atoms with van der Waals surface area (Å²) in [7, 11) is 0. The molecule has 0 aromatic carbocycles. The Hall–Kier alpha value is -0.890. The van der Waals surface area contributed by atoms with E-state index >= 15 is 0 Å². The second-order valence-corrected chi connectivity index (χ2v) is 6.05. The molecule has 18 heavy (non-hydrogen) atoms. The lowest BCUT2D eigenvalue weighted by molar-refractivity contribution is 0.228. The molecule has 0 spiro atoms. The van der Waals surface area contributed by atoms with E-state index in [4.69, 9.17) is 0 Å². The van der Waals surface area contributed by atoms with Crippen LogP contribution in [0.1, 0.15) is 44.1 Å². The molecule has 0 aliphatic heterocycles. The van der Waals surface area contributed by atoms with Crippen molar-refractivity contribution in [3.05, 3.63) is 30.1 Å². The summed E-state index contributed by atoms with van der Waals surface area (Å²) < 4.78 is 0. The second-order valence-electron chi connectivity index (χ2n) is 6.05. The standard InChI is InChI=1S/C16H24N2/c1-2-6-15(12-18-16-7-8-16)14(5-1)10-13-4-3-9-17-11-13/h3-4,9,11,14-16,18H,1-2,5-8,10,12H2. The molecule has 1 aromatic heterocycles. The number of aromatic nitrogens is 1. The molecule has 1 N–H and O–H groups in total. The molecule has 0 bridgehead atoms. The predicted molar refractivity (Wildman–Crippen MR) is 74.4 cm³/mol. The van der Waals surface area contributed by atoms with E-state index in [1.807, 2.05) is 12.4 Å². The predicted octanol–water partition coefficient (Wildman–Crippen LogP) is 3.18. The van der Waals surface area contributed by atoms with E-state index in [-0.39, 0.29) is 0 Å². The summed E-state index contributed by atoms with van der Waals surface area (Å²) in [6, 6.07) is 5.15. The van der Waals surface area contributed by atoms with Crippen LogP contribution in [0, 0.1) is 11.8 Å². The first kappa shape index (κ1) is 12.2. The third-order valence-electron chi connectivity index (χ3n) is 4.53. The minimum absolute atomic E-state index is 0.853. The maximum atomic E-state index is 4.24. The van der Waals surface area contributed by atoms with E-state index in [1.165, 1.54) is 57.1 Å². The Balaban J connectivity index is 1.56. The van der Waals surface area contributed by atoms with E-state index in [1.54, 1.807) is 0 Å². The first-order valence-corrected chi connectivity index (χ1v) is 7.54. The number of nitrogens with zero attached hydrogens (tertiary/aromatic N) is 1. The number of hydrogen-bond acceptors (Lipinski definition) is 2. The maximum Gasteiger partial charge on any atom is 0.0299 e. The molecule has 2 aliphatic rings. The fourth-order valence-electron chi connectivity index (χ4n) is 3.25. The van der Waals surface area contributed by atoms with Crippen LogP contribution in [-0.2, 0) is 6.42 Å². The lowest BCUT2D eigenvalue weighted by Crippen LogP contribution is -2.32. The van der Waals surface area contributed by atoms with Gasteiger partial charge >= 0.3 is 0 Å². The molecule has 0 saturated heterocycles. The monoisotopic (exact) mass is 244 g/mol. The van der Waals surface area contributed by atoms with Gasteiger partial charge in [0.1, 0.15) is 0 Å². The van der Waals surface area contributed by atoms with Crippen LogP contribution in [0.3, 0.4) is 0 Å². The van der Waals surface area contributed by atoms with Crippen molar-refractivity contribution in [2.24, 2.45) is 11.8 Å². The smallest absolute Gasteiger partial charge is 0.0299 e. The second kappa shape index (κ2) is 5.83. The molecule has 2 fully saturated rings. The fourth-order valence-corrected chi connectivity index (χ4v) is 3.25. The van der Waals surface area contributed by atoms with Crippen molar-refractivity contribution in [3.63, 3.8) is 0 Å². The van der Waals surface area contributed by atoms with Crippen LogP contribution in [0.2, 0.25) is 0 Å². The minimum atomic E-state index is 0.853. The van der Waals surface area contributed by atoms with Crippen molar-refractivity contribution in [2.75, 3.05) is 6.54 Å². The van der Waals surface area contributed by atoms with Crippen LogP contribution in [0.4, 0.5) is 0 Å². The zero-order chi connectivity index (χ0) is 12.2. The molecule has 2 aliphatic carbocycles. The highest BCUT2D eigenvalue weighted by Gasteiger charge is 2.28. The normalized spacial score (nSPS) is 28.2. The Morgan fingerprint density at radius 2 is 1.94 bits per heavy atom. The topological polar surface area (TPSA) is 24.9 Å². The Kier molecular flexibility index (Phi) is 3.94. The Morgan fingerprint density at radius 3 is 2.67 bits per heavy atom. The van der Waals surface area contributed by atoms with Crippen molar-refractivity contribution < 1.29 is 0 Å². The highest BCUT2D eigenvalue weighted by Crippen LogP contribution is 2.32. The molecular weight excluding hydrogens is 220 g/mol. The molecule has 1 heterocycles. The van der Waals surface area contributed by atoms with E-state index in [9.17, 15) is 0 Å². The van der Waals surface area contributed by atoms with Gasteiger partial charge in [0.15, 0.2) is 0 Å². The quantitative estimate of drug-likeness (QED) is 0.860. The third kappa shape index (κ3) is 3.32. The van der Waals surface area contributed by atoms with Gasteiger partial charge in [-0.25, -0.2) is 0 Å². The van der Waals surface area contributed by atoms with Crippen molar-refractivity contribution in [2.45, 2.75) is 51.0 Å². The molecule has 98 valence electrons.